The molecule has 0 heterocycles. The van der Waals surface area contributed by atoms with Gasteiger partial charge in [0, 0.05) is 5.41 Å². The largest absolute Gasteiger partial charge is 0.396 e. The van der Waals surface area contributed by atoms with Gasteiger partial charge in [0.1, 0.15) is 6.10 Å². The van der Waals surface area contributed by atoms with E-state index in [1.807, 2.05) is 6.92 Å². The van der Waals surface area contributed by atoms with Crippen molar-refractivity contribution < 1.29 is 30.3 Å². The lowest BCUT2D eigenvalue weighted by Gasteiger charge is -2.24. The second-order valence-corrected chi connectivity index (χ2v) is 10.3. The summed E-state index contributed by atoms with van der Waals surface area (Å²) in [6.45, 7) is 5.94. The fraction of sp³-hybridized carbons (Fsp3) is 1.00. The van der Waals surface area contributed by atoms with Crippen LogP contribution in [0.2, 0.25) is 0 Å². The van der Waals surface area contributed by atoms with E-state index in [1.54, 1.807) is 0 Å². The van der Waals surface area contributed by atoms with Crippen LogP contribution in [0.15, 0.2) is 0 Å². The number of unbranched alkanes of at least 4 members (excludes halogenated alkanes) is 13. The SMILES string of the molecule is CCC(CO)(CO)CO.CCCCCCCCCCCC(CCCCCCCC)OCC(O)CO. The smallest absolute Gasteiger partial charge is 0.100 e. The van der Waals surface area contributed by atoms with Crippen molar-refractivity contribution in [2.75, 3.05) is 33.0 Å². The van der Waals surface area contributed by atoms with Crippen LogP contribution in [-0.2, 0) is 4.74 Å². The molecule has 0 saturated carbocycles. The van der Waals surface area contributed by atoms with E-state index >= 15 is 0 Å². The van der Waals surface area contributed by atoms with Gasteiger partial charge in [-0.1, -0.05) is 117 Å². The predicted molar refractivity (Wildman–Crippen MR) is 147 cm³/mol. The van der Waals surface area contributed by atoms with Crippen LogP contribution in [0, 0.1) is 5.41 Å². The zero-order valence-electron chi connectivity index (χ0n) is 23.6. The van der Waals surface area contributed by atoms with Crippen molar-refractivity contribution >= 4 is 0 Å². The molecule has 0 aliphatic rings. The van der Waals surface area contributed by atoms with Crippen molar-refractivity contribution in [2.45, 2.75) is 149 Å². The van der Waals surface area contributed by atoms with Gasteiger partial charge in [0.2, 0.25) is 0 Å². The van der Waals surface area contributed by atoms with Gasteiger partial charge >= 0.3 is 0 Å². The van der Waals surface area contributed by atoms with E-state index in [2.05, 4.69) is 13.8 Å². The summed E-state index contributed by atoms with van der Waals surface area (Å²) in [5, 5.41) is 44.5. The maximum Gasteiger partial charge on any atom is 0.100 e. The van der Waals surface area contributed by atoms with Gasteiger partial charge in [-0.15, -0.1) is 0 Å². The molecule has 0 rings (SSSR count). The molecule has 5 N–H and O–H groups in total. The Labute approximate surface area is 217 Å². The molecule has 35 heavy (non-hydrogen) atoms. The fourth-order valence-corrected chi connectivity index (χ4v) is 3.93. The zero-order valence-corrected chi connectivity index (χ0v) is 23.6. The summed E-state index contributed by atoms with van der Waals surface area (Å²) in [6.07, 6.45) is 22.3. The second kappa shape index (κ2) is 28.3. The van der Waals surface area contributed by atoms with Crippen LogP contribution in [0.5, 0.6) is 0 Å². The quantitative estimate of drug-likeness (QED) is 0.101. The molecule has 6 nitrogen and oxygen atoms in total. The first kappa shape index (κ1) is 36.9. The number of rotatable bonds is 25. The van der Waals surface area contributed by atoms with E-state index in [-0.39, 0.29) is 39.1 Å². The van der Waals surface area contributed by atoms with E-state index in [0.29, 0.717) is 6.42 Å². The van der Waals surface area contributed by atoms with Gasteiger partial charge in [0.25, 0.3) is 0 Å². The predicted octanol–water partition coefficient (Wildman–Crippen LogP) is 5.76. The van der Waals surface area contributed by atoms with Crippen molar-refractivity contribution in [3.8, 4) is 0 Å². The van der Waals surface area contributed by atoms with Gasteiger partial charge in [-0.3, -0.25) is 0 Å². The molecule has 0 radical (unpaired) electrons. The number of hydrogen-bond donors (Lipinski definition) is 5. The Morgan fingerprint density at radius 2 is 0.943 bits per heavy atom. The van der Waals surface area contributed by atoms with Gasteiger partial charge in [-0.05, 0) is 19.3 Å². The molecule has 0 aliphatic heterocycles. The second-order valence-electron chi connectivity index (χ2n) is 10.3. The first-order valence-corrected chi connectivity index (χ1v) is 14.7. The molecule has 0 bridgehead atoms. The Morgan fingerprint density at radius 3 is 1.23 bits per heavy atom. The molecule has 0 amide bonds. The highest BCUT2D eigenvalue weighted by molar-refractivity contribution is 4.74. The molecule has 2 unspecified atom stereocenters. The first-order chi connectivity index (χ1) is 17.0. The van der Waals surface area contributed by atoms with Gasteiger partial charge in [-0.25, -0.2) is 0 Å². The Bertz CT molecular complexity index is 372. The standard InChI is InChI=1S/C23H48O3.C6H14O3/c1-3-5-7-9-11-12-13-15-17-19-23(26-21-22(25)20-24)18-16-14-10-8-6-4-2;1-2-6(3-7,4-8)5-9/h22-25H,3-21H2,1-2H3;7-9H,2-5H2,1H3. The van der Waals surface area contributed by atoms with Crippen LogP contribution >= 0.6 is 0 Å². The minimum Gasteiger partial charge on any atom is -0.396 e. The highest BCUT2D eigenvalue weighted by Crippen LogP contribution is 2.19. The van der Waals surface area contributed by atoms with Crippen molar-refractivity contribution in [2.24, 2.45) is 5.41 Å². The molecule has 0 saturated heterocycles. The monoisotopic (exact) mass is 506 g/mol. The third-order valence-corrected chi connectivity index (χ3v) is 7.00. The van der Waals surface area contributed by atoms with Crippen LogP contribution in [0.1, 0.15) is 136 Å². The average Bonchev–Trinajstić information content (AvgIpc) is 2.89. The summed E-state index contributed by atoms with van der Waals surface area (Å²) in [5.41, 5.74) is -0.667. The van der Waals surface area contributed by atoms with Crippen molar-refractivity contribution in [3.05, 3.63) is 0 Å². The summed E-state index contributed by atoms with van der Waals surface area (Å²) >= 11 is 0. The third-order valence-electron chi connectivity index (χ3n) is 7.00. The van der Waals surface area contributed by atoms with Crippen molar-refractivity contribution in [1.29, 1.82) is 0 Å². The number of ether oxygens (including phenoxy) is 1. The number of aliphatic hydroxyl groups is 5. The lowest BCUT2D eigenvalue weighted by Crippen LogP contribution is -2.32. The summed E-state index contributed by atoms with van der Waals surface area (Å²) in [6, 6.07) is 0. The molecule has 214 valence electrons. The highest BCUT2D eigenvalue weighted by Gasteiger charge is 2.24. The third kappa shape index (κ3) is 23.9. The Kier molecular flexibility index (Phi) is 29.9. The van der Waals surface area contributed by atoms with Gasteiger partial charge in [-0.2, -0.15) is 0 Å². The summed E-state index contributed by atoms with van der Waals surface area (Å²) < 4.78 is 5.88. The fourth-order valence-electron chi connectivity index (χ4n) is 3.93. The van der Waals surface area contributed by atoms with Gasteiger partial charge in [0.15, 0.2) is 0 Å². The van der Waals surface area contributed by atoms with Crippen LogP contribution in [0.4, 0.5) is 0 Å². The normalized spacial score (nSPS) is 13.4. The molecule has 0 aromatic rings. The van der Waals surface area contributed by atoms with E-state index in [9.17, 15) is 5.11 Å². The molecule has 0 spiro atoms. The lowest BCUT2D eigenvalue weighted by atomic mass is 9.88. The molecule has 2 atom stereocenters. The minimum absolute atomic E-state index is 0.156. The lowest BCUT2D eigenvalue weighted by molar-refractivity contribution is -0.0350. The Hall–Kier alpha value is -0.240. The Morgan fingerprint density at radius 1 is 0.571 bits per heavy atom. The highest BCUT2D eigenvalue weighted by atomic mass is 16.5. The maximum atomic E-state index is 9.53. The van der Waals surface area contributed by atoms with Gasteiger partial charge < -0.3 is 30.3 Å². The molecule has 0 fully saturated rings. The summed E-state index contributed by atoms with van der Waals surface area (Å²) in [4.78, 5) is 0. The molecule has 0 aliphatic carbocycles. The van der Waals surface area contributed by atoms with Crippen molar-refractivity contribution in [3.63, 3.8) is 0 Å². The molecule has 0 aromatic carbocycles. The number of aliphatic hydroxyl groups excluding tert-OH is 5. The van der Waals surface area contributed by atoms with E-state index in [0.717, 1.165) is 12.8 Å². The molecule has 6 heteroatoms. The Balaban J connectivity index is 0. The zero-order chi connectivity index (χ0) is 26.6. The van der Waals surface area contributed by atoms with Gasteiger partial charge in [0.05, 0.1) is 39.1 Å². The molecular formula is C29H62O6. The van der Waals surface area contributed by atoms with Crippen molar-refractivity contribution in [1.82, 2.24) is 0 Å². The molecular weight excluding hydrogens is 444 g/mol. The molecule has 0 aromatic heterocycles. The summed E-state index contributed by atoms with van der Waals surface area (Å²) in [7, 11) is 0. The van der Waals surface area contributed by atoms with E-state index in [4.69, 9.17) is 25.2 Å². The van der Waals surface area contributed by atoms with Crippen LogP contribution in [-0.4, -0.2) is 70.8 Å². The summed E-state index contributed by atoms with van der Waals surface area (Å²) in [5.74, 6) is 0. The van der Waals surface area contributed by atoms with E-state index < -0.39 is 11.5 Å². The van der Waals surface area contributed by atoms with Crippen LogP contribution in [0.3, 0.4) is 0 Å². The van der Waals surface area contributed by atoms with Crippen LogP contribution in [0.25, 0.3) is 0 Å². The maximum absolute atomic E-state index is 9.53. The number of hydrogen-bond acceptors (Lipinski definition) is 6. The first-order valence-electron chi connectivity index (χ1n) is 14.7. The van der Waals surface area contributed by atoms with Crippen LogP contribution < -0.4 is 0 Å². The van der Waals surface area contributed by atoms with E-state index in [1.165, 1.54) is 96.3 Å². The average molecular weight is 507 g/mol. The topological polar surface area (TPSA) is 110 Å². The minimum atomic E-state index is -0.731.